The summed E-state index contributed by atoms with van der Waals surface area (Å²) in [6.07, 6.45) is 25.9. The van der Waals surface area contributed by atoms with Crippen molar-refractivity contribution in [1.82, 2.24) is 4.31 Å². The van der Waals surface area contributed by atoms with Crippen molar-refractivity contribution in [2.24, 2.45) is 5.92 Å². The normalized spacial score (nSPS) is 12.3. The maximum absolute atomic E-state index is 14.0. The number of hydrogen-bond acceptors (Lipinski definition) is 8. The molecule has 0 aliphatic heterocycles. The molecule has 1 atom stereocenters. The lowest BCUT2D eigenvalue weighted by Gasteiger charge is -2.25. The molecule has 1 unspecified atom stereocenters. The maximum atomic E-state index is 14.0. The van der Waals surface area contributed by atoms with Gasteiger partial charge in [0.25, 0.3) is 5.69 Å². The lowest BCUT2D eigenvalue weighted by Crippen LogP contribution is -2.35. The van der Waals surface area contributed by atoms with Crippen LogP contribution >= 0.6 is 0 Å². The molecule has 0 aromatic heterocycles. The van der Waals surface area contributed by atoms with E-state index in [1.54, 1.807) is 0 Å². The minimum absolute atomic E-state index is 0.0589. The van der Waals surface area contributed by atoms with Crippen LogP contribution in [-0.2, 0) is 29.1 Å². The van der Waals surface area contributed by atoms with Gasteiger partial charge in [0, 0.05) is 31.6 Å². The Balaban J connectivity index is 3.06. The van der Waals surface area contributed by atoms with E-state index in [1.807, 2.05) is 0 Å². The van der Waals surface area contributed by atoms with Gasteiger partial charge < -0.3 is 9.47 Å². The summed E-state index contributed by atoms with van der Waals surface area (Å²) < 4.78 is 41.1. The van der Waals surface area contributed by atoms with Crippen LogP contribution in [0.3, 0.4) is 0 Å². The van der Waals surface area contributed by atoms with Crippen LogP contribution < -0.4 is 0 Å². The number of esters is 2. The van der Waals surface area contributed by atoms with Crippen LogP contribution in [0.5, 0.6) is 0 Å². The molecule has 318 valence electrons. The summed E-state index contributed by atoms with van der Waals surface area (Å²) in [5, 5.41) is 11.3. The van der Waals surface area contributed by atoms with Crippen molar-refractivity contribution in [2.75, 3.05) is 19.7 Å². The molecule has 0 spiro atoms. The molecule has 1 rings (SSSR count). The van der Waals surface area contributed by atoms with Gasteiger partial charge in [0.15, 0.2) is 0 Å². The molecule has 0 saturated heterocycles. The number of non-ortho nitro benzene ring substituents is 1. The smallest absolute Gasteiger partial charge is 0.308 e. The van der Waals surface area contributed by atoms with Crippen molar-refractivity contribution in [3.05, 3.63) is 34.4 Å². The van der Waals surface area contributed by atoms with E-state index in [4.69, 9.17) is 9.47 Å². The number of rotatable bonds is 37. The second-order valence-electron chi connectivity index (χ2n) is 15.4. The molecule has 0 fully saturated rings. The van der Waals surface area contributed by atoms with E-state index in [0.29, 0.717) is 19.4 Å². The zero-order chi connectivity index (χ0) is 40.6. The summed E-state index contributed by atoms with van der Waals surface area (Å²) in [6, 6.07) is 4.88. The predicted octanol–water partition coefficient (Wildman–Crippen LogP) is 12.3. The lowest BCUT2D eigenvalue weighted by atomic mass is 9.97. The Morgan fingerprint density at radius 2 is 1.11 bits per heavy atom. The van der Waals surface area contributed by atoms with Crippen molar-refractivity contribution in [2.45, 2.75) is 212 Å². The van der Waals surface area contributed by atoms with Crippen LogP contribution in [0.15, 0.2) is 29.2 Å². The first-order valence-corrected chi connectivity index (χ1v) is 23.6. The largest absolute Gasteiger partial charge is 0.465 e. The number of carbonyl (C=O) groups excluding carboxylic acids is 2. The third-order valence-electron chi connectivity index (χ3n) is 10.5. The first-order chi connectivity index (χ1) is 26.6. The molecule has 11 heteroatoms. The van der Waals surface area contributed by atoms with Crippen LogP contribution in [0.2, 0.25) is 0 Å². The molecule has 55 heavy (non-hydrogen) atoms. The number of carbonyl (C=O) groups is 2. The highest BCUT2D eigenvalue weighted by Crippen LogP contribution is 2.24. The van der Waals surface area contributed by atoms with E-state index in [2.05, 4.69) is 27.7 Å². The van der Waals surface area contributed by atoms with Crippen LogP contribution in [0.25, 0.3) is 0 Å². The number of ether oxygens (including phenoxy) is 2. The average molecular weight is 795 g/mol. The van der Waals surface area contributed by atoms with E-state index in [-0.39, 0.29) is 54.6 Å². The SMILES string of the molecule is CCCCCCCCC(CCN(CCCC(=O)OC(CCCCCCC)CCCCCCC)S(=O)(=O)c1ccc([N+](=O)[O-])cc1)C(=O)OCCCCCCC. The Labute approximate surface area is 335 Å². The maximum Gasteiger partial charge on any atom is 0.308 e. The monoisotopic (exact) mass is 795 g/mol. The Hall–Kier alpha value is -2.53. The molecule has 0 saturated carbocycles. The fraction of sp³-hybridized carbons (Fsp3) is 0.818. The van der Waals surface area contributed by atoms with Crippen LogP contribution in [0, 0.1) is 16.0 Å². The number of nitro benzene ring substituents is 1. The van der Waals surface area contributed by atoms with Crippen molar-refractivity contribution in [3.8, 4) is 0 Å². The number of nitrogens with zero attached hydrogens (tertiary/aromatic N) is 2. The highest BCUT2D eigenvalue weighted by Gasteiger charge is 2.28. The van der Waals surface area contributed by atoms with Gasteiger partial charge in [-0.2, -0.15) is 4.31 Å². The Kier molecular flexibility index (Phi) is 29.9. The summed E-state index contributed by atoms with van der Waals surface area (Å²) in [4.78, 5) is 37.2. The first-order valence-electron chi connectivity index (χ1n) is 22.2. The standard InChI is InChI=1S/C44H78N2O8S/c1-5-9-13-17-20-22-27-39(44(48)53-38-25-21-16-12-8-4)35-37-45(55(51,52)42-33-31-40(32-34-42)46(49)50)36-26-30-43(47)54-41(28-23-18-14-10-6-2)29-24-19-15-11-7-3/h31-34,39,41H,5-30,35-38H2,1-4H3. The van der Waals surface area contributed by atoms with Crippen LogP contribution in [0.4, 0.5) is 5.69 Å². The molecule has 0 aliphatic rings. The molecule has 0 amide bonds. The molecule has 10 nitrogen and oxygen atoms in total. The molecule has 1 aromatic carbocycles. The molecule has 0 aliphatic carbocycles. The average Bonchev–Trinajstić information content (AvgIpc) is 3.17. The minimum atomic E-state index is -4.08. The molecule has 0 heterocycles. The van der Waals surface area contributed by atoms with Crippen molar-refractivity contribution < 1.29 is 32.4 Å². The molecule has 1 aromatic rings. The third kappa shape index (κ3) is 24.0. The van der Waals surface area contributed by atoms with Gasteiger partial charge in [-0.25, -0.2) is 8.42 Å². The van der Waals surface area contributed by atoms with Gasteiger partial charge in [0.1, 0.15) is 6.10 Å². The Morgan fingerprint density at radius 1 is 0.636 bits per heavy atom. The molecule has 0 radical (unpaired) electrons. The van der Waals surface area contributed by atoms with Gasteiger partial charge in [-0.1, -0.05) is 143 Å². The van der Waals surface area contributed by atoms with Crippen molar-refractivity contribution >= 4 is 27.6 Å². The summed E-state index contributed by atoms with van der Waals surface area (Å²) >= 11 is 0. The Bertz CT molecular complexity index is 1230. The van der Waals surface area contributed by atoms with Gasteiger partial charge in [-0.15, -0.1) is 0 Å². The third-order valence-corrected chi connectivity index (χ3v) is 12.4. The zero-order valence-corrected chi connectivity index (χ0v) is 36.1. The summed E-state index contributed by atoms with van der Waals surface area (Å²) in [5.74, 6) is -1.05. The van der Waals surface area contributed by atoms with E-state index in [1.165, 1.54) is 73.5 Å². The number of nitro groups is 1. The van der Waals surface area contributed by atoms with E-state index in [9.17, 15) is 28.1 Å². The number of benzene rings is 1. The second kappa shape index (κ2) is 32.5. The number of hydrogen-bond donors (Lipinski definition) is 0. The molecule has 0 N–H and O–H groups in total. The zero-order valence-electron chi connectivity index (χ0n) is 35.2. The summed E-state index contributed by atoms with van der Waals surface area (Å²) in [5.41, 5.74) is -0.199. The molecule has 0 bridgehead atoms. The van der Waals surface area contributed by atoms with Crippen molar-refractivity contribution in [1.29, 1.82) is 0 Å². The number of unbranched alkanes of at least 4 members (excludes halogenated alkanes) is 17. The topological polar surface area (TPSA) is 133 Å². The summed E-state index contributed by atoms with van der Waals surface area (Å²) in [6.45, 7) is 9.21. The predicted molar refractivity (Wildman–Crippen MR) is 224 cm³/mol. The fourth-order valence-corrected chi connectivity index (χ4v) is 8.44. The van der Waals surface area contributed by atoms with Crippen LogP contribution in [-0.4, -0.2) is 55.4 Å². The van der Waals surface area contributed by atoms with Gasteiger partial charge in [-0.05, 0) is 63.5 Å². The van der Waals surface area contributed by atoms with E-state index in [0.717, 1.165) is 103 Å². The van der Waals surface area contributed by atoms with E-state index >= 15 is 0 Å². The first kappa shape index (κ1) is 50.5. The quantitative estimate of drug-likeness (QED) is 0.0281. The number of sulfonamides is 1. The fourth-order valence-electron chi connectivity index (χ4n) is 6.95. The highest BCUT2D eigenvalue weighted by atomic mass is 32.2. The minimum Gasteiger partial charge on any atom is -0.465 e. The van der Waals surface area contributed by atoms with E-state index < -0.39 is 20.9 Å². The van der Waals surface area contributed by atoms with Gasteiger partial charge in [0.2, 0.25) is 10.0 Å². The lowest BCUT2D eigenvalue weighted by molar-refractivity contribution is -0.384. The Morgan fingerprint density at radius 3 is 1.62 bits per heavy atom. The van der Waals surface area contributed by atoms with Gasteiger partial charge in [-0.3, -0.25) is 19.7 Å². The highest BCUT2D eigenvalue weighted by molar-refractivity contribution is 7.89. The molecular formula is C44H78N2O8S. The second-order valence-corrected chi connectivity index (χ2v) is 17.3. The van der Waals surface area contributed by atoms with Gasteiger partial charge >= 0.3 is 11.9 Å². The van der Waals surface area contributed by atoms with Crippen molar-refractivity contribution in [3.63, 3.8) is 0 Å². The van der Waals surface area contributed by atoms with Crippen LogP contribution in [0.1, 0.15) is 201 Å². The summed E-state index contributed by atoms with van der Waals surface area (Å²) in [7, 11) is -4.08. The van der Waals surface area contributed by atoms with Gasteiger partial charge in [0.05, 0.1) is 22.3 Å². The molecular weight excluding hydrogens is 717 g/mol.